The minimum atomic E-state index is -1.02. The highest BCUT2D eigenvalue weighted by Crippen LogP contribution is 2.27. The van der Waals surface area contributed by atoms with Crippen LogP contribution in [0.4, 0.5) is 0 Å². The first-order valence-electron chi connectivity index (χ1n) is 5.61. The van der Waals surface area contributed by atoms with Gasteiger partial charge in [0, 0.05) is 8.95 Å². The highest BCUT2D eigenvalue weighted by molar-refractivity contribution is 9.11. The number of nitrogens with zero attached hydrogens (tertiary/aromatic N) is 3. The zero-order valence-electron chi connectivity index (χ0n) is 9.92. The molecule has 0 radical (unpaired) electrons. The zero-order chi connectivity index (χ0) is 14.3. The average molecular weight is 397 g/mol. The van der Waals surface area contributed by atoms with Gasteiger partial charge in [0.05, 0.1) is 16.8 Å². The Bertz CT molecular complexity index is 830. The lowest BCUT2D eigenvalue weighted by molar-refractivity contribution is 0.0699. The smallest absolute Gasteiger partial charge is 0.338 e. The molecule has 7 heteroatoms. The Balaban J connectivity index is 2.28. The fourth-order valence-corrected chi connectivity index (χ4v) is 3.16. The van der Waals surface area contributed by atoms with Crippen molar-refractivity contribution in [2.75, 3.05) is 0 Å². The van der Waals surface area contributed by atoms with Crippen LogP contribution in [0.3, 0.4) is 0 Å². The monoisotopic (exact) mass is 395 g/mol. The van der Waals surface area contributed by atoms with E-state index in [2.05, 4.69) is 42.2 Å². The van der Waals surface area contributed by atoms with Crippen molar-refractivity contribution in [2.45, 2.75) is 0 Å². The molecule has 1 aromatic heterocycles. The standard InChI is InChI=1S/C13H7Br2N3O2/c14-7-4-5-10(9(15)6-7)18-11-3-1-2-8(13(19)20)12(11)16-17-18/h1-6H,(H,19,20). The number of hydrogen-bond donors (Lipinski definition) is 1. The summed E-state index contributed by atoms with van der Waals surface area (Å²) in [4.78, 5) is 11.2. The number of aromatic nitrogens is 3. The van der Waals surface area contributed by atoms with E-state index < -0.39 is 5.97 Å². The molecule has 0 fully saturated rings. The van der Waals surface area contributed by atoms with Crippen molar-refractivity contribution in [3.63, 3.8) is 0 Å². The lowest BCUT2D eigenvalue weighted by Crippen LogP contribution is -1.99. The maximum atomic E-state index is 11.2. The number of carboxylic acid groups (broad SMARTS) is 1. The van der Waals surface area contributed by atoms with Crippen molar-refractivity contribution in [2.24, 2.45) is 0 Å². The number of aromatic carboxylic acids is 1. The van der Waals surface area contributed by atoms with Gasteiger partial charge in [-0.3, -0.25) is 0 Å². The van der Waals surface area contributed by atoms with Gasteiger partial charge in [0.2, 0.25) is 0 Å². The largest absolute Gasteiger partial charge is 0.478 e. The predicted octanol–water partition coefficient (Wildman–Crippen LogP) is 3.64. The molecule has 2 aromatic carbocycles. The number of carbonyl (C=O) groups is 1. The van der Waals surface area contributed by atoms with Crippen molar-refractivity contribution < 1.29 is 9.90 Å². The highest BCUT2D eigenvalue weighted by atomic mass is 79.9. The number of rotatable bonds is 2. The molecule has 0 aliphatic carbocycles. The Labute approximate surface area is 130 Å². The van der Waals surface area contributed by atoms with Crippen molar-refractivity contribution in [3.05, 3.63) is 50.9 Å². The summed E-state index contributed by atoms with van der Waals surface area (Å²) in [6, 6.07) is 10.6. The molecule has 0 unspecified atom stereocenters. The van der Waals surface area contributed by atoms with Crippen LogP contribution in [0, 0.1) is 0 Å². The molecule has 3 aromatic rings. The lowest BCUT2D eigenvalue weighted by Gasteiger charge is -2.05. The van der Waals surface area contributed by atoms with Gasteiger partial charge in [-0.15, -0.1) is 5.10 Å². The van der Waals surface area contributed by atoms with Crippen molar-refractivity contribution >= 4 is 48.9 Å². The number of fused-ring (bicyclic) bond motifs is 1. The molecule has 0 saturated carbocycles. The van der Waals surface area contributed by atoms with E-state index in [1.165, 1.54) is 6.07 Å². The first-order chi connectivity index (χ1) is 9.58. The van der Waals surface area contributed by atoms with Gasteiger partial charge in [-0.25, -0.2) is 9.48 Å². The molecule has 0 aliphatic rings. The SMILES string of the molecule is O=C(O)c1cccc2c1nnn2-c1ccc(Br)cc1Br. The van der Waals surface area contributed by atoms with Gasteiger partial charge >= 0.3 is 5.97 Å². The van der Waals surface area contributed by atoms with E-state index in [-0.39, 0.29) is 5.56 Å². The van der Waals surface area contributed by atoms with Crippen LogP contribution in [0.25, 0.3) is 16.7 Å². The van der Waals surface area contributed by atoms with Crippen LogP contribution in [-0.2, 0) is 0 Å². The maximum absolute atomic E-state index is 11.2. The molecule has 5 nitrogen and oxygen atoms in total. The van der Waals surface area contributed by atoms with E-state index in [1.807, 2.05) is 18.2 Å². The molecule has 0 spiro atoms. The first kappa shape index (κ1) is 13.3. The summed E-state index contributed by atoms with van der Waals surface area (Å²) in [5.74, 6) is -1.02. The molecule has 0 amide bonds. The second kappa shape index (κ2) is 4.99. The number of halogens is 2. The summed E-state index contributed by atoms with van der Waals surface area (Å²) in [7, 11) is 0. The van der Waals surface area contributed by atoms with E-state index in [4.69, 9.17) is 5.11 Å². The average Bonchev–Trinajstić information content (AvgIpc) is 2.82. The molecule has 1 N–H and O–H groups in total. The lowest BCUT2D eigenvalue weighted by atomic mass is 10.2. The topological polar surface area (TPSA) is 68.0 Å². The van der Waals surface area contributed by atoms with Crippen molar-refractivity contribution in [3.8, 4) is 5.69 Å². The van der Waals surface area contributed by atoms with Crippen LogP contribution >= 0.6 is 31.9 Å². The minimum Gasteiger partial charge on any atom is -0.478 e. The molecule has 1 heterocycles. The third-order valence-electron chi connectivity index (χ3n) is 2.85. The van der Waals surface area contributed by atoms with Crippen LogP contribution in [0.15, 0.2) is 45.3 Å². The Morgan fingerprint density at radius 1 is 1.20 bits per heavy atom. The number of benzene rings is 2. The van der Waals surface area contributed by atoms with E-state index >= 15 is 0 Å². The minimum absolute atomic E-state index is 0.141. The number of carboxylic acids is 1. The second-order valence-electron chi connectivity index (χ2n) is 4.08. The van der Waals surface area contributed by atoms with Gasteiger partial charge in [0.1, 0.15) is 5.52 Å². The van der Waals surface area contributed by atoms with Gasteiger partial charge in [0.25, 0.3) is 0 Å². The molecule has 100 valence electrons. The van der Waals surface area contributed by atoms with Gasteiger partial charge in [0.15, 0.2) is 0 Å². The van der Waals surface area contributed by atoms with Gasteiger partial charge < -0.3 is 5.11 Å². The summed E-state index contributed by atoms with van der Waals surface area (Å²) >= 11 is 6.85. The van der Waals surface area contributed by atoms with Crippen molar-refractivity contribution in [1.82, 2.24) is 15.0 Å². The second-order valence-corrected chi connectivity index (χ2v) is 5.85. The molecule has 0 bridgehead atoms. The molecular weight excluding hydrogens is 390 g/mol. The van der Waals surface area contributed by atoms with Gasteiger partial charge in [-0.1, -0.05) is 27.2 Å². The molecule has 0 aliphatic heterocycles. The van der Waals surface area contributed by atoms with E-state index in [9.17, 15) is 4.79 Å². The molecule has 3 rings (SSSR count). The van der Waals surface area contributed by atoms with Crippen LogP contribution in [-0.4, -0.2) is 26.1 Å². The summed E-state index contributed by atoms with van der Waals surface area (Å²) in [5, 5.41) is 17.2. The van der Waals surface area contributed by atoms with Crippen LogP contribution < -0.4 is 0 Å². The molecular formula is C13H7Br2N3O2. The zero-order valence-corrected chi connectivity index (χ0v) is 13.1. The van der Waals surface area contributed by atoms with E-state index in [0.717, 1.165) is 14.6 Å². The first-order valence-corrected chi connectivity index (χ1v) is 7.19. The van der Waals surface area contributed by atoms with E-state index in [0.29, 0.717) is 11.0 Å². The Hall–Kier alpha value is -1.73. The van der Waals surface area contributed by atoms with Crippen LogP contribution in [0.2, 0.25) is 0 Å². The Morgan fingerprint density at radius 2 is 2.00 bits per heavy atom. The van der Waals surface area contributed by atoms with Gasteiger partial charge in [-0.2, -0.15) is 0 Å². The summed E-state index contributed by atoms with van der Waals surface area (Å²) in [5.41, 5.74) is 1.95. The fourth-order valence-electron chi connectivity index (χ4n) is 1.95. The normalized spacial score (nSPS) is 10.9. The number of hydrogen-bond acceptors (Lipinski definition) is 3. The van der Waals surface area contributed by atoms with Crippen molar-refractivity contribution in [1.29, 1.82) is 0 Å². The quantitative estimate of drug-likeness (QED) is 0.717. The maximum Gasteiger partial charge on any atom is 0.338 e. The molecule has 0 saturated heterocycles. The third-order valence-corrected chi connectivity index (χ3v) is 3.97. The summed E-state index contributed by atoms with van der Waals surface area (Å²) < 4.78 is 3.38. The Kier molecular flexibility index (Phi) is 3.31. The predicted molar refractivity (Wildman–Crippen MR) is 81.2 cm³/mol. The van der Waals surface area contributed by atoms with Gasteiger partial charge in [-0.05, 0) is 46.3 Å². The summed E-state index contributed by atoms with van der Waals surface area (Å²) in [6.45, 7) is 0. The van der Waals surface area contributed by atoms with Crippen LogP contribution in [0.5, 0.6) is 0 Å². The third kappa shape index (κ3) is 2.12. The fraction of sp³-hybridized carbons (Fsp3) is 0. The molecule has 20 heavy (non-hydrogen) atoms. The highest BCUT2D eigenvalue weighted by Gasteiger charge is 2.15. The Morgan fingerprint density at radius 3 is 2.70 bits per heavy atom. The summed E-state index contributed by atoms with van der Waals surface area (Å²) in [6.07, 6.45) is 0. The van der Waals surface area contributed by atoms with E-state index in [1.54, 1.807) is 16.8 Å². The van der Waals surface area contributed by atoms with Crippen LogP contribution in [0.1, 0.15) is 10.4 Å². The molecule has 0 atom stereocenters.